The minimum Gasteiger partial charge on any atom is -0.383 e. The third-order valence-corrected chi connectivity index (χ3v) is 5.05. The third kappa shape index (κ3) is 3.20. The zero-order valence-corrected chi connectivity index (χ0v) is 14.4. The van der Waals surface area contributed by atoms with Crippen LogP contribution in [0.3, 0.4) is 0 Å². The second-order valence-corrected chi connectivity index (χ2v) is 6.72. The number of hydrogen-bond donors (Lipinski definition) is 2. The number of ether oxygens (including phenoxy) is 1. The van der Waals surface area contributed by atoms with Crippen molar-refractivity contribution >= 4 is 28.1 Å². The Morgan fingerprint density at radius 2 is 2.32 bits per heavy atom. The normalized spacial score (nSPS) is 13.3. The van der Waals surface area contributed by atoms with E-state index in [1.54, 1.807) is 30.7 Å². The highest BCUT2D eigenvalue weighted by atomic mass is 32.1. The minimum absolute atomic E-state index is 0.361. The van der Waals surface area contributed by atoms with Crippen LogP contribution in [-0.4, -0.2) is 47.0 Å². The van der Waals surface area contributed by atoms with Gasteiger partial charge >= 0.3 is 0 Å². The SMILES string of the molecule is COCCN1CCc2sc(Nc3ccc(F)cn3)nc2-c2cn[nH]c21. The molecule has 25 heavy (non-hydrogen) atoms. The van der Waals surface area contributed by atoms with Crippen molar-refractivity contribution in [2.75, 3.05) is 37.0 Å². The summed E-state index contributed by atoms with van der Waals surface area (Å²) in [6, 6.07) is 2.97. The Hall–Kier alpha value is -2.52. The number of nitrogens with one attached hydrogen (secondary N) is 2. The molecule has 2 N–H and O–H groups in total. The first-order chi connectivity index (χ1) is 12.2. The maximum absolute atomic E-state index is 13.0. The van der Waals surface area contributed by atoms with E-state index >= 15 is 0 Å². The number of fused-ring (bicyclic) bond motifs is 3. The second kappa shape index (κ2) is 6.77. The van der Waals surface area contributed by atoms with Gasteiger partial charge in [-0.15, -0.1) is 11.3 Å². The zero-order valence-electron chi connectivity index (χ0n) is 13.6. The summed E-state index contributed by atoms with van der Waals surface area (Å²) < 4.78 is 18.2. The molecule has 0 unspecified atom stereocenters. The number of halogens is 1. The average Bonchev–Trinajstić information content (AvgIpc) is 3.21. The summed E-state index contributed by atoms with van der Waals surface area (Å²) in [5.74, 6) is 1.17. The van der Waals surface area contributed by atoms with Crippen LogP contribution in [0.1, 0.15) is 4.88 Å². The van der Waals surface area contributed by atoms with Gasteiger partial charge in [0.15, 0.2) is 5.13 Å². The molecule has 3 aromatic rings. The molecule has 0 radical (unpaired) electrons. The number of methoxy groups -OCH3 is 1. The van der Waals surface area contributed by atoms with Gasteiger partial charge in [-0.25, -0.2) is 14.4 Å². The van der Waals surface area contributed by atoms with Crippen molar-refractivity contribution < 1.29 is 9.13 Å². The van der Waals surface area contributed by atoms with Crippen LogP contribution in [0.25, 0.3) is 11.3 Å². The number of aromatic nitrogens is 4. The number of H-pyrrole nitrogens is 1. The first kappa shape index (κ1) is 16.0. The van der Waals surface area contributed by atoms with E-state index in [-0.39, 0.29) is 5.82 Å². The van der Waals surface area contributed by atoms with E-state index in [0.29, 0.717) is 12.4 Å². The van der Waals surface area contributed by atoms with E-state index in [1.165, 1.54) is 17.1 Å². The van der Waals surface area contributed by atoms with Crippen LogP contribution in [0, 0.1) is 5.82 Å². The van der Waals surface area contributed by atoms with Gasteiger partial charge in [-0.1, -0.05) is 0 Å². The maximum atomic E-state index is 13.0. The van der Waals surface area contributed by atoms with Crippen molar-refractivity contribution in [3.63, 3.8) is 0 Å². The summed E-state index contributed by atoms with van der Waals surface area (Å²) in [6.45, 7) is 2.32. The molecule has 0 spiro atoms. The Morgan fingerprint density at radius 3 is 3.12 bits per heavy atom. The molecular weight excluding hydrogens is 343 g/mol. The first-order valence-electron chi connectivity index (χ1n) is 7.90. The fourth-order valence-electron chi connectivity index (χ4n) is 2.81. The van der Waals surface area contributed by atoms with Gasteiger partial charge in [0.05, 0.1) is 30.3 Å². The highest BCUT2D eigenvalue weighted by Crippen LogP contribution is 2.39. The Kier molecular flexibility index (Phi) is 4.33. The largest absolute Gasteiger partial charge is 0.383 e. The van der Waals surface area contributed by atoms with Crippen molar-refractivity contribution in [3.05, 3.63) is 35.2 Å². The molecule has 3 aromatic heterocycles. The molecule has 130 valence electrons. The molecule has 0 fully saturated rings. The fraction of sp³-hybridized carbons (Fsp3) is 0.312. The third-order valence-electron chi connectivity index (χ3n) is 4.02. The lowest BCUT2D eigenvalue weighted by Gasteiger charge is -2.21. The average molecular weight is 360 g/mol. The Balaban J connectivity index is 1.62. The quantitative estimate of drug-likeness (QED) is 0.728. The predicted molar refractivity (Wildman–Crippen MR) is 95.0 cm³/mol. The molecule has 9 heteroatoms. The van der Waals surface area contributed by atoms with E-state index in [2.05, 4.69) is 25.4 Å². The van der Waals surface area contributed by atoms with Crippen LogP contribution in [0.4, 0.5) is 21.2 Å². The molecule has 0 atom stereocenters. The first-order valence-corrected chi connectivity index (χ1v) is 8.72. The van der Waals surface area contributed by atoms with Gasteiger partial charge in [0.1, 0.15) is 17.5 Å². The van der Waals surface area contributed by atoms with Crippen LogP contribution in [0.5, 0.6) is 0 Å². The Morgan fingerprint density at radius 1 is 1.40 bits per heavy atom. The summed E-state index contributed by atoms with van der Waals surface area (Å²) >= 11 is 1.59. The summed E-state index contributed by atoms with van der Waals surface area (Å²) in [4.78, 5) is 12.1. The van der Waals surface area contributed by atoms with Gasteiger partial charge in [-0.3, -0.25) is 5.10 Å². The number of aromatic amines is 1. The number of anilines is 3. The lowest BCUT2D eigenvalue weighted by molar-refractivity contribution is 0.205. The molecule has 7 nitrogen and oxygen atoms in total. The molecule has 4 rings (SSSR count). The monoisotopic (exact) mass is 360 g/mol. The van der Waals surface area contributed by atoms with Crippen LogP contribution in [-0.2, 0) is 11.2 Å². The zero-order chi connectivity index (χ0) is 17.2. The number of thiazole rings is 1. The van der Waals surface area contributed by atoms with E-state index in [4.69, 9.17) is 9.72 Å². The predicted octanol–water partition coefficient (Wildman–Crippen LogP) is 2.82. The molecule has 0 saturated heterocycles. The van der Waals surface area contributed by atoms with Gasteiger partial charge < -0.3 is 15.0 Å². The Labute approximate surface area is 147 Å². The standard InChI is InChI=1S/C16H17FN6OS/c1-24-7-6-23-5-4-12-14(11-9-19-22-15(11)23)21-16(25-12)20-13-3-2-10(17)8-18-13/h2-3,8-9H,4-7H2,1H3,(H,19,22)(H,18,20,21). The van der Waals surface area contributed by atoms with Gasteiger partial charge in [0, 0.05) is 31.5 Å². The highest BCUT2D eigenvalue weighted by molar-refractivity contribution is 7.16. The van der Waals surface area contributed by atoms with E-state index in [0.717, 1.165) is 41.7 Å². The lowest BCUT2D eigenvalue weighted by atomic mass is 10.2. The van der Waals surface area contributed by atoms with Gasteiger partial charge in [0.25, 0.3) is 0 Å². The van der Waals surface area contributed by atoms with Gasteiger partial charge in [-0.2, -0.15) is 5.10 Å². The molecular formula is C16H17FN6OS. The molecule has 0 amide bonds. The van der Waals surface area contributed by atoms with Crippen LogP contribution in [0.2, 0.25) is 0 Å². The van der Waals surface area contributed by atoms with Crippen molar-refractivity contribution in [2.24, 2.45) is 0 Å². The maximum Gasteiger partial charge on any atom is 0.189 e. The lowest BCUT2D eigenvalue weighted by Crippen LogP contribution is -2.29. The molecule has 0 saturated carbocycles. The molecule has 1 aliphatic heterocycles. The second-order valence-electron chi connectivity index (χ2n) is 5.64. The number of hydrogen-bond acceptors (Lipinski definition) is 7. The number of rotatable bonds is 5. The Bertz CT molecular complexity index is 862. The van der Waals surface area contributed by atoms with Crippen molar-refractivity contribution in [1.82, 2.24) is 20.2 Å². The van der Waals surface area contributed by atoms with Gasteiger partial charge in [0.2, 0.25) is 0 Å². The van der Waals surface area contributed by atoms with Crippen molar-refractivity contribution in [3.8, 4) is 11.3 Å². The number of nitrogens with zero attached hydrogens (tertiary/aromatic N) is 4. The van der Waals surface area contributed by atoms with Gasteiger partial charge in [-0.05, 0) is 12.1 Å². The summed E-state index contributed by atoms with van der Waals surface area (Å²) in [7, 11) is 1.70. The van der Waals surface area contributed by atoms with Crippen molar-refractivity contribution in [1.29, 1.82) is 0 Å². The van der Waals surface area contributed by atoms with Crippen LogP contribution in [0.15, 0.2) is 24.5 Å². The smallest absolute Gasteiger partial charge is 0.189 e. The van der Waals surface area contributed by atoms with Crippen molar-refractivity contribution in [2.45, 2.75) is 6.42 Å². The van der Waals surface area contributed by atoms with E-state index < -0.39 is 0 Å². The van der Waals surface area contributed by atoms with E-state index in [9.17, 15) is 4.39 Å². The summed E-state index contributed by atoms with van der Waals surface area (Å²) in [5.41, 5.74) is 1.92. The van der Waals surface area contributed by atoms with Crippen LogP contribution < -0.4 is 10.2 Å². The molecule has 4 heterocycles. The molecule has 0 aliphatic carbocycles. The molecule has 1 aliphatic rings. The molecule has 0 aromatic carbocycles. The topological polar surface area (TPSA) is 79.0 Å². The summed E-state index contributed by atoms with van der Waals surface area (Å²) in [6.07, 6.45) is 3.87. The number of pyridine rings is 1. The van der Waals surface area contributed by atoms with Crippen LogP contribution >= 0.6 is 11.3 Å². The van der Waals surface area contributed by atoms with E-state index in [1.807, 2.05) is 0 Å². The highest BCUT2D eigenvalue weighted by Gasteiger charge is 2.25. The summed E-state index contributed by atoms with van der Waals surface area (Å²) in [5, 5.41) is 11.1. The fourth-order valence-corrected chi connectivity index (χ4v) is 3.78. The molecule has 0 bridgehead atoms. The minimum atomic E-state index is -0.361.